The molecule has 3 amide bonds. The Morgan fingerprint density at radius 1 is 0.909 bits per heavy atom. The number of carbonyl (C=O) groups excluding carboxylic acids is 3. The van der Waals surface area contributed by atoms with Gasteiger partial charge in [-0.1, -0.05) is 60.5 Å². The van der Waals surface area contributed by atoms with E-state index in [1.165, 1.54) is 18.3 Å². The zero-order valence-corrected chi connectivity index (χ0v) is 26.4. The summed E-state index contributed by atoms with van der Waals surface area (Å²) in [5.41, 5.74) is 1.98. The number of benzene rings is 3. The minimum absolute atomic E-state index is 0.0985. The standard InChI is InChI=1S/C32H31Cl2N5O4S/c1-4-17-39(2)20-30(40)38-44(3,43)28-8-6-5-7-25(28)21-9-11-22(12-10-21)31(41)36-27-15-13-23(33)18-26(27)32(42)37-29-16-14-24(34)19-35-29/h5-16,18-19H,3-4,17,20H2,1-2H3,(H,36,41)(H,35,37,42)(H,38,40,43). The van der Waals surface area contributed by atoms with Crippen molar-refractivity contribution >= 4 is 68.0 Å². The van der Waals surface area contributed by atoms with Gasteiger partial charge in [-0.05, 0) is 85.5 Å². The second-order valence-electron chi connectivity index (χ2n) is 9.97. The zero-order chi connectivity index (χ0) is 31.9. The summed E-state index contributed by atoms with van der Waals surface area (Å²) in [4.78, 5) is 45.0. The lowest BCUT2D eigenvalue weighted by Gasteiger charge is -2.19. The van der Waals surface area contributed by atoms with Crippen LogP contribution in [0.1, 0.15) is 34.1 Å². The summed E-state index contributed by atoms with van der Waals surface area (Å²) in [6.07, 6.45) is 2.29. The van der Waals surface area contributed by atoms with Crippen molar-refractivity contribution in [1.29, 1.82) is 0 Å². The number of halogens is 2. The van der Waals surface area contributed by atoms with Crippen LogP contribution in [0.2, 0.25) is 10.0 Å². The Morgan fingerprint density at radius 3 is 2.30 bits per heavy atom. The van der Waals surface area contributed by atoms with E-state index in [1.807, 2.05) is 18.9 Å². The number of nitrogens with zero attached hydrogens (tertiary/aromatic N) is 2. The molecule has 1 unspecified atom stereocenters. The summed E-state index contributed by atoms with van der Waals surface area (Å²) in [6.45, 7) is 2.84. The summed E-state index contributed by atoms with van der Waals surface area (Å²) in [5, 5.41) is 6.16. The Morgan fingerprint density at radius 2 is 1.61 bits per heavy atom. The van der Waals surface area contributed by atoms with Crippen LogP contribution in [0.4, 0.5) is 11.5 Å². The first-order valence-electron chi connectivity index (χ1n) is 13.6. The second-order valence-corrected chi connectivity index (χ2v) is 12.8. The van der Waals surface area contributed by atoms with Gasteiger partial charge in [0.2, 0.25) is 5.91 Å². The summed E-state index contributed by atoms with van der Waals surface area (Å²) < 4.78 is 16.2. The number of hydrogen-bond acceptors (Lipinski definition) is 6. The first-order chi connectivity index (χ1) is 21.0. The largest absolute Gasteiger partial charge is 0.321 e. The molecule has 4 rings (SSSR count). The van der Waals surface area contributed by atoms with E-state index in [2.05, 4.69) is 26.2 Å². The van der Waals surface area contributed by atoms with Crippen molar-refractivity contribution in [3.8, 4) is 11.1 Å². The van der Waals surface area contributed by atoms with Gasteiger partial charge in [0.1, 0.15) is 5.82 Å². The Labute approximate surface area is 266 Å². The third-order valence-corrected chi connectivity index (χ3v) is 8.52. The van der Waals surface area contributed by atoms with Crippen LogP contribution in [0.3, 0.4) is 0 Å². The van der Waals surface area contributed by atoms with E-state index in [-0.39, 0.29) is 29.5 Å². The van der Waals surface area contributed by atoms with Crippen LogP contribution in [-0.2, 0) is 14.5 Å². The van der Waals surface area contributed by atoms with Gasteiger partial charge in [0.15, 0.2) is 0 Å². The van der Waals surface area contributed by atoms with Gasteiger partial charge in [-0.25, -0.2) is 9.19 Å². The fourth-order valence-corrected chi connectivity index (χ4v) is 6.08. The Bertz CT molecular complexity index is 1780. The van der Waals surface area contributed by atoms with Crippen molar-refractivity contribution < 1.29 is 18.6 Å². The van der Waals surface area contributed by atoms with Gasteiger partial charge in [0.25, 0.3) is 11.8 Å². The third-order valence-electron chi connectivity index (χ3n) is 6.44. The van der Waals surface area contributed by atoms with E-state index in [4.69, 9.17) is 23.2 Å². The lowest BCUT2D eigenvalue weighted by Crippen LogP contribution is -2.38. The molecule has 0 saturated carbocycles. The molecule has 1 heterocycles. The number of pyridine rings is 1. The minimum Gasteiger partial charge on any atom is -0.321 e. The number of anilines is 2. The molecular formula is C32H31Cl2N5O4S. The maximum Gasteiger partial charge on any atom is 0.258 e. The smallest absolute Gasteiger partial charge is 0.258 e. The monoisotopic (exact) mass is 651 g/mol. The highest BCUT2D eigenvalue weighted by atomic mass is 35.5. The first kappa shape index (κ1) is 32.7. The molecule has 4 aromatic rings. The summed E-state index contributed by atoms with van der Waals surface area (Å²) in [6, 6.07) is 21.3. The lowest BCUT2D eigenvalue weighted by atomic mass is 10.0. The summed E-state index contributed by atoms with van der Waals surface area (Å²) >= 11 is 12.0. The van der Waals surface area contributed by atoms with Gasteiger partial charge in [-0.2, -0.15) is 0 Å². The Hall–Kier alpha value is -4.22. The van der Waals surface area contributed by atoms with Crippen LogP contribution >= 0.6 is 23.2 Å². The van der Waals surface area contributed by atoms with Crippen molar-refractivity contribution in [3.63, 3.8) is 0 Å². The molecule has 0 aliphatic rings. The molecule has 44 heavy (non-hydrogen) atoms. The molecule has 12 heteroatoms. The Kier molecular flexibility index (Phi) is 10.8. The molecule has 3 N–H and O–H groups in total. The molecule has 0 aliphatic carbocycles. The molecule has 0 spiro atoms. The molecule has 0 bridgehead atoms. The number of aromatic nitrogens is 1. The number of likely N-dealkylation sites (N-methyl/N-ethyl adjacent to an activating group) is 1. The van der Waals surface area contributed by atoms with Crippen molar-refractivity contribution in [3.05, 3.63) is 106 Å². The quantitative estimate of drug-likeness (QED) is 0.171. The molecule has 0 aliphatic heterocycles. The number of rotatable bonds is 11. The average molecular weight is 653 g/mol. The molecule has 3 aromatic carbocycles. The lowest BCUT2D eigenvalue weighted by molar-refractivity contribution is -0.120. The van der Waals surface area contributed by atoms with Gasteiger partial charge < -0.3 is 10.6 Å². The topological polar surface area (TPSA) is 121 Å². The summed E-state index contributed by atoms with van der Waals surface area (Å²) in [7, 11) is -1.35. The van der Waals surface area contributed by atoms with Crippen molar-refractivity contribution in [2.24, 2.45) is 0 Å². The summed E-state index contributed by atoms with van der Waals surface area (Å²) in [5.74, 6) is 2.74. The highest BCUT2D eigenvalue weighted by Crippen LogP contribution is 2.28. The van der Waals surface area contributed by atoms with E-state index >= 15 is 0 Å². The minimum atomic E-state index is -3.17. The van der Waals surface area contributed by atoms with Crippen LogP contribution < -0.4 is 15.4 Å². The van der Waals surface area contributed by atoms with Gasteiger partial charge in [-0.3, -0.25) is 24.0 Å². The molecule has 0 saturated heterocycles. The maximum absolute atomic E-state index is 13.6. The number of hydrogen-bond donors (Lipinski definition) is 3. The van der Waals surface area contributed by atoms with Gasteiger partial charge in [0.05, 0.1) is 37.4 Å². The van der Waals surface area contributed by atoms with E-state index in [1.54, 1.807) is 66.7 Å². The van der Waals surface area contributed by atoms with Crippen LogP contribution in [0.5, 0.6) is 0 Å². The van der Waals surface area contributed by atoms with Crippen molar-refractivity contribution in [1.82, 2.24) is 14.6 Å². The van der Waals surface area contributed by atoms with Gasteiger partial charge in [-0.15, -0.1) is 0 Å². The predicted octanol–water partition coefficient (Wildman–Crippen LogP) is 6.01. The van der Waals surface area contributed by atoms with Gasteiger partial charge in [0, 0.05) is 16.8 Å². The van der Waals surface area contributed by atoms with Crippen LogP contribution in [0.15, 0.2) is 90.0 Å². The molecule has 228 valence electrons. The van der Waals surface area contributed by atoms with E-state index < -0.39 is 21.5 Å². The SMILES string of the molecule is C=S(=O)(NC(=O)CN(C)CCC)c1ccccc1-c1ccc(C(=O)Nc2ccc(Cl)cc2C(=O)Nc2ccc(Cl)cn2)cc1. The van der Waals surface area contributed by atoms with Crippen LogP contribution in [0, 0.1) is 0 Å². The van der Waals surface area contributed by atoms with E-state index in [0.29, 0.717) is 31.6 Å². The molecule has 9 nitrogen and oxygen atoms in total. The van der Waals surface area contributed by atoms with E-state index in [0.717, 1.165) is 13.0 Å². The normalized spacial score (nSPS) is 12.3. The predicted molar refractivity (Wildman–Crippen MR) is 178 cm³/mol. The van der Waals surface area contributed by atoms with E-state index in [9.17, 15) is 18.6 Å². The molecule has 0 fully saturated rings. The van der Waals surface area contributed by atoms with Crippen LogP contribution in [0.25, 0.3) is 11.1 Å². The fraction of sp³-hybridized carbons (Fsp3) is 0.156. The third kappa shape index (κ3) is 8.45. The van der Waals surface area contributed by atoms with Gasteiger partial charge >= 0.3 is 0 Å². The molecule has 0 radical (unpaired) electrons. The number of carbonyl (C=O) groups is 3. The van der Waals surface area contributed by atoms with Crippen LogP contribution in [-0.4, -0.2) is 57.8 Å². The first-order valence-corrected chi connectivity index (χ1v) is 16.0. The molecule has 1 atom stereocenters. The van der Waals surface area contributed by atoms with Crippen molar-refractivity contribution in [2.75, 3.05) is 30.8 Å². The molecular weight excluding hydrogens is 621 g/mol. The fourth-order valence-electron chi connectivity index (χ4n) is 4.41. The zero-order valence-electron chi connectivity index (χ0n) is 24.1. The molecule has 1 aromatic heterocycles. The number of amides is 3. The highest BCUT2D eigenvalue weighted by molar-refractivity contribution is 7.99. The van der Waals surface area contributed by atoms with Crippen molar-refractivity contribution in [2.45, 2.75) is 18.2 Å². The maximum atomic E-state index is 13.6. The highest BCUT2D eigenvalue weighted by Gasteiger charge is 2.19. The second kappa shape index (κ2) is 14.5. The average Bonchev–Trinajstić information content (AvgIpc) is 2.99. The Balaban J connectivity index is 1.52. The number of nitrogens with one attached hydrogen (secondary N) is 3.